The lowest BCUT2D eigenvalue weighted by Gasteiger charge is -2.23. The fraction of sp³-hybridized carbons (Fsp3) is 0.316. The molecule has 0 saturated carbocycles. The molecule has 1 aliphatic rings. The van der Waals surface area contributed by atoms with E-state index in [1.54, 1.807) is 4.90 Å². The number of benzene rings is 2. The van der Waals surface area contributed by atoms with Crippen molar-refractivity contribution in [2.24, 2.45) is 0 Å². The summed E-state index contributed by atoms with van der Waals surface area (Å²) in [5.41, 5.74) is 4.30. The molecule has 0 radical (unpaired) electrons. The molecule has 0 aromatic heterocycles. The molecule has 1 heterocycles. The van der Waals surface area contributed by atoms with Gasteiger partial charge in [-0.15, -0.1) is 0 Å². The minimum Gasteiger partial charge on any atom is -0.395 e. The number of amides is 2. The van der Waals surface area contributed by atoms with E-state index in [9.17, 15) is 9.90 Å². The van der Waals surface area contributed by atoms with Gasteiger partial charge in [0, 0.05) is 38.1 Å². The van der Waals surface area contributed by atoms with Gasteiger partial charge in [0.15, 0.2) is 0 Å². The van der Waals surface area contributed by atoms with E-state index >= 15 is 0 Å². The van der Waals surface area contributed by atoms with Crippen LogP contribution in [0, 0.1) is 0 Å². The third-order valence-corrected chi connectivity index (χ3v) is 4.34. The van der Waals surface area contributed by atoms with Crippen molar-refractivity contribution in [3.63, 3.8) is 0 Å². The SMILES string of the molecule is CN1CCc2ccc(NC(=O)N(CCO)Cc3ccccc3)cc21. The second-order valence-corrected chi connectivity index (χ2v) is 6.08. The molecule has 0 atom stereocenters. The monoisotopic (exact) mass is 325 g/mol. The molecule has 2 N–H and O–H groups in total. The summed E-state index contributed by atoms with van der Waals surface area (Å²) in [6.07, 6.45) is 1.05. The standard InChI is InChI=1S/C19H23N3O2/c1-21-10-9-16-7-8-17(13-18(16)21)20-19(24)22(11-12-23)14-15-5-3-2-4-6-15/h2-8,13,23H,9-12,14H2,1H3,(H,20,24). The van der Waals surface area contributed by atoms with Gasteiger partial charge >= 0.3 is 6.03 Å². The molecule has 2 amide bonds. The number of aliphatic hydroxyl groups excluding tert-OH is 1. The average molecular weight is 325 g/mol. The molecule has 0 fully saturated rings. The number of carbonyl (C=O) groups is 1. The number of carbonyl (C=O) groups excluding carboxylic acids is 1. The highest BCUT2D eigenvalue weighted by molar-refractivity contribution is 5.90. The number of hydrogen-bond donors (Lipinski definition) is 2. The van der Waals surface area contributed by atoms with Crippen molar-refractivity contribution in [1.82, 2.24) is 4.90 Å². The van der Waals surface area contributed by atoms with E-state index in [1.165, 1.54) is 11.3 Å². The second-order valence-electron chi connectivity index (χ2n) is 6.08. The first-order chi connectivity index (χ1) is 11.7. The summed E-state index contributed by atoms with van der Waals surface area (Å²) in [7, 11) is 2.06. The summed E-state index contributed by atoms with van der Waals surface area (Å²) in [5, 5.41) is 12.2. The highest BCUT2D eigenvalue weighted by atomic mass is 16.3. The Hall–Kier alpha value is -2.53. The van der Waals surface area contributed by atoms with Gasteiger partial charge < -0.3 is 20.2 Å². The fourth-order valence-corrected chi connectivity index (χ4v) is 3.00. The van der Waals surface area contributed by atoms with E-state index in [4.69, 9.17) is 0 Å². The molecule has 1 aliphatic heterocycles. The van der Waals surface area contributed by atoms with Crippen molar-refractivity contribution < 1.29 is 9.90 Å². The molecule has 5 heteroatoms. The first-order valence-corrected chi connectivity index (χ1v) is 8.22. The molecule has 0 bridgehead atoms. The van der Waals surface area contributed by atoms with Gasteiger partial charge in [-0.25, -0.2) is 4.79 Å². The Labute approximate surface area is 142 Å². The van der Waals surface area contributed by atoms with Crippen LogP contribution in [0.2, 0.25) is 0 Å². The Morgan fingerprint density at radius 1 is 1.25 bits per heavy atom. The molecule has 2 aromatic rings. The summed E-state index contributed by atoms with van der Waals surface area (Å²) >= 11 is 0. The summed E-state index contributed by atoms with van der Waals surface area (Å²) in [5.74, 6) is 0. The topological polar surface area (TPSA) is 55.8 Å². The van der Waals surface area contributed by atoms with Crippen molar-refractivity contribution >= 4 is 17.4 Å². The lowest BCUT2D eigenvalue weighted by atomic mass is 10.1. The Morgan fingerprint density at radius 2 is 2.04 bits per heavy atom. The van der Waals surface area contributed by atoms with Crippen LogP contribution in [0.4, 0.5) is 16.2 Å². The third kappa shape index (κ3) is 3.68. The van der Waals surface area contributed by atoms with E-state index in [-0.39, 0.29) is 12.6 Å². The normalized spacial score (nSPS) is 12.8. The summed E-state index contributed by atoms with van der Waals surface area (Å²) in [6.45, 7) is 1.72. The predicted molar refractivity (Wildman–Crippen MR) is 96.4 cm³/mol. The lowest BCUT2D eigenvalue weighted by molar-refractivity contribution is 0.185. The van der Waals surface area contributed by atoms with Gasteiger partial charge in [-0.05, 0) is 29.7 Å². The van der Waals surface area contributed by atoms with Crippen LogP contribution in [0.5, 0.6) is 0 Å². The van der Waals surface area contributed by atoms with E-state index < -0.39 is 0 Å². The van der Waals surface area contributed by atoms with E-state index in [2.05, 4.69) is 23.3 Å². The number of aliphatic hydroxyl groups is 1. The molecular formula is C19H23N3O2. The van der Waals surface area contributed by atoms with Gasteiger partial charge in [-0.1, -0.05) is 36.4 Å². The molecule has 0 spiro atoms. The maximum Gasteiger partial charge on any atom is 0.322 e. The molecule has 24 heavy (non-hydrogen) atoms. The van der Waals surface area contributed by atoms with Gasteiger partial charge in [0.25, 0.3) is 0 Å². The van der Waals surface area contributed by atoms with Crippen LogP contribution in [0.1, 0.15) is 11.1 Å². The van der Waals surface area contributed by atoms with Gasteiger partial charge in [0.1, 0.15) is 0 Å². The number of rotatable bonds is 5. The summed E-state index contributed by atoms with van der Waals surface area (Å²) in [4.78, 5) is 16.4. The Morgan fingerprint density at radius 3 is 2.79 bits per heavy atom. The quantitative estimate of drug-likeness (QED) is 0.889. The molecule has 0 unspecified atom stereocenters. The number of nitrogens with zero attached hydrogens (tertiary/aromatic N) is 2. The Kier molecular flexibility index (Phi) is 5.01. The van der Waals surface area contributed by atoms with Gasteiger partial charge in [0.2, 0.25) is 0 Å². The van der Waals surface area contributed by atoms with Crippen LogP contribution in [-0.2, 0) is 13.0 Å². The largest absolute Gasteiger partial charge is 0.395 e. The third-order valence-electron chi connectivity index (χ3n) is 4.34. The molecule has 2 aromatic carbocycles. The van der Waals surface area contributed by atoms with Crippen molar-refractivity contribution in [3.8, 4) is 0 Å². The minimum absolute atomic E-state index is 0.0623. The molecule has 0 aliphatic carbocycles. The number of nitrogens with one attached hydrogen (secondary N) is 1. The first kappa shape index (κ1) is 16.3. The second kappa shape index (κ2) is 7.36. The highest BCUT2D eigenvalue weighted by Crippen LogP contribution is 2.29. The van der Waals surface area contributed by atoms with E-state index in [0.717, 1.165) is 24.2 Å². The van der Waals surface area contributed by atoms with Crippen molar-refractivity contribution in [2.75, 3.05) is 37.0 Å². The average Bonchev–Trinajstić information content (AvgIpc) is 2.96. The number of anilines is 2. The molecule has 5 nitrogen and oxygen atoms in total. The number of likely N-dealkylation sites (N-methyl/N-ethyl adjacent to an activating group) is 1. The maximum atomic E-state index is 12.6. The van der Waals surface area contributed by atoms with E-state index in [1.807, 2.05) is 42.5 Å². The van der Waals surface area contributed by atoms with Gasteiger partial charge in [-0.3, -0.25) is 0 Å². The smallest absolute Gasteiger partial charge is 0.322 e. The van der Waals surface area contributed by atoms with E-state index in [0.29, 0.717) is 13.1 Å². The number of fused-ring (bicyclic) bond motifs is 1. The van der Waals surface area contributed by atoms with Crippen LogP contribution in [0.15, 0.2) is 48.5 Å². The summed E-state index contributed by atoms with van der Waals surface area (Å²) in [6, 6.07) is 15.6. The van der Waals surface area contributed by atoms with Crippen LogP contribution in [0.3, 0.4) is 0 Å². The van der Waals surface area contributed by atoms with Gasteiger partial charge in [0.05, 0.1) is 6.61 Å². The number of urea groups is 1. The van der Waals surface area contributed by atoms with Crippen LogP contribution in [0.25, 0.3) is 0 Å². The van der Waals surface area contributed by atoms with Crippen molar-refractivity contribution in [3.05, 3.63) is 59.7 Å². The summed E-state index contributed by atoms with van der Waals surface area (Å²) < 4.78 is 0. The van der Waals surface area contributed by atoms with Crippen LogP contribution in [-0.4, -0.2) is 42.8 Å². The van der Waals surface area contributed by atoms with Crippen molar-refractivity contribution in [2.45, 2.75) is 13.0 Å². The zero-order valence-electron chi connectivity index (χ0n) is 13.9. The van der Waals surface area contributed by atoms with Crippen molar-refractivity contribution in [1.29, 1.82) is 0 Å². The molecule has 126 valence electrons. The highest BCUT2D eigenvalue weighted by Gasteiger charge is 2.18. The van der Waals surface area contributed by atoms with Crippen LogP contribution >= 0.6 is 0 Å². The van der Waals surface area contributed by atoms with Gasteiger partial charge in [-0.2, -0.15) is 0 Å². The Bertz CT molecular complexity index is 703. The maximum absolute atomic E-state index is 12.6. The fourth-order valence-electron chi connectivity index (χ4n) is 3.00. The zero-order chi connectivity index (χ0) is 16.9. The lowest BCUT2D eigenvalue weighted by Crippen LogP contribution is -2.36. The molecule has 3 rings (SSSR count). The molecule has 0 saturated heterocycles. The Balaban J connectivity index is 1.70. The minimum atomic E-state index is -0.200. The number of hydrogen-bond acceptors (Lipinski definition) is 3. The molecular weight excluding hydrogens is 302 g/mol. The first-order valence-electron chi connectivity index (χ1n) is 8.22. The van der Waals surface area contributed by atoms with Crippen LogP contribution < -0.4 is 10.2 Å². The zero-order valence-corrected chi connectivity index (χ0v) is 13.9. The predicted octanol–water partition coefficient (Wildman–Crippen LogP) is 2.71.